The minimum atomic E-state index is -0.321. The predicted molar refractivity (Wildman–Crippen MR) is 130 cm³/mol. The van der Waals surface area contributed by atoms with Crippen molar-refractivity contribution in [2.75, 3.05) is 11.9 Å². The number of rotatable bonds is 7. The molecule has 1 heterocycles. The van der Waals surface area contributed by atoms with E-state index in [0.29, 0.717) is 16.2 Å². The second kappa shape index (κ2) is 10.2. The molecule has 33 heavy (non-hydrogen) atoms. The molecule has 0 radical (unpaired) electrons. The van der Waals surface area contributed by atoms with Gasteiger partial charge in [0.2, 0.25) is 0 Å². The number of ether oxygens (including phenoxy) is 1. The second-order valence-corrected chi connectivity index (χ2v) is 8.47. The maximum absolute atomic E-state index is 12.8. The number of para-hydroxylation sites is 1. The first kappa shape index (κ1) is 22.4. The van der Waals surface area contributed by atoms with Gasteiger partial charge in [0.1, 0.15) is 5.75 Å². The van der Waals surface area contributed by atoms with E-state index in [4.69, 9.17) is 4.74 Å². The number of carbonyl (C=O) groups excluding carboxylic acids is 3. The Morgan fingerprint density at radius 1 is 1.00 bits per heavy atom. The molecule has 4 rings (SSSR count). The third-order valence-corrected chi connectivity index (χ3v) is 5.91. The lowest BCUT2D eigenvalue weighted by atomic mass is 10.2. The Morgan fingerprint density at radius 2 is 1.76 bits per heavy atom. The smallest absolute Gasteiger partial charge is 0.293 e. The van der Waals surface area contributed by atoms with Crippen LogP contribution in [0.4, 0.5) is 10.5 Å². The van der Waals surface area contributed by atoms with Gasteiger partial charge in [0.15, 0.2) is 6.61 Å². The molecule has 1 N–H and O–H groups in total. The Hall–Kier alpha value is -3.84. The molecule has 0 saturated carbocycles. The molecule has 6 nitrogen and oxygen atoms in total. The summed E-state index contributed by atoms with van der Waals surface area (Å²) in [5.74, 6) is -0.0956. The van der Waals surface area contributed by atoms with E-state index in [0.717, 1.165) is 28.6 Å². The van der Waals surface area contributed by atoms with Crippen LogP contribution in [-0.4, -0.2) is 28.6 Å². The molecule has 1 saturated heterocycles. The molecule has 0 aromatic heterocycles. The van der Waals surface area contributed by atoms with E-state index in [9.17, 15) is 14.4 Å². The van der Waals surface area contributed by atoms with Crippen molar-refractivity contribution in [2.24, 2.45) is 0 Å². The first-order chi connectivity index (χ1) is 16.0. The fourth-order valence-corrected chi connectivity index (χ4v) is 4.13. The largest absolute Gasteiger partial charge is 0.484 e. The van der Waals surface area contributed by atoms with Gasteiger partial charge in [-0.2, -0.15) is 0 Å². The standard InChI is InChI=1S/C26H22N2O4S/c1-18-8-5-6-13-22(18)27-24(29)17-32-21-12-7-11-20(14-21)15-23-25(30)28(26(31)33-23)16-19-9-3-2-4-10-19/h2-15H,16-17H2,1H3,(H,27,29)/b23-15-. The highest BCUT2D eigenvalue weighted by molar-refractivity contribution is 8.18. The Morgan fingerprint density at radius 3 is 2.55 bits per heavy atom. The van der Waals surface area contributed by atoms with Gasteiger partial charge in [0.05, 0.1) is 11.4 Å². The molecule has 3 aromatic rings. The zero-order valence-corrected chi connectivity index (χ0v) is 18.8. The number of nitrogens with one attached hydrogen (secondary N) is 1. The molecular formula is C26H22N2O4S. The summed E-state index contributed by atoms with van der Waals surface area (Å²) >= 11 is 0.916. The summed E-state index contributed by atoms with van der Waals surface area (Å²) in [6, 6.07) is 23.9. The van der Waals surface area contributed by atoms with Gasteiger partial charge in [-0.05, 0) is 59.7 Å². The molecule has 3 aromatic carbocycles. The highest BCUT2D eigenvalue weighted by atomic mass is 32.2. The molecule has 0 aliphatic carbocycles. The van der Waals surface area contributed by atoms with Gasteiger partial charge in [0.25, 0.3) is 17.1 Å². The van der Waals surface area contributed by atoms with E-state index in [-0.39, 0.29) is 30.2 Å². The molecule has 0 spiro atoms. The average Bonchev–Trinajstić information content (AvgIpc) is 3.07. The summed E-state index contributed by atoms with van der Waals surface area (Å²) in [5.41, 5.74) is 3.30. The Bertz CT molecular complexity index is 1220. The van der Waals surface area contributed by atoms with E-state index in [1.54, 1.807) is 24.3 Å². The van der Waals surface area contributed by atoms with E-state index in [1.165, 1.54) is 4.90 Å². The number of thioether (sulfide) groups is 1. The third-order valence-electron chi connectivity index (χ3n) is 5.00. The molecule has 7 heteroatoms. The van der Waals surface area contributed by atoms with Crippen LogP contribution in [0.2, 0.25) is 0 Å². The summed E-state index contributed by atoms with van der Waals surface area (Å²) in [4.78, 5) is 38.9. The molecule has 0 bridgehead atoms. The number of aryl methyl sites for hydroxylation is 1. The maximum Gasteiger partial charge on any atom is 0.293 e. The summed E-state index contributed by atoms with van der Waals surface area (Å²) in [6.07, 6.45) is 1.66. The summed E-state index contributed by atoms with van der Waals surface area (Å²) in [6.45, 7) is 2.01. The topological polar surface area (TPSA) is 75.7 Å². The van der Waals surface area contributed by atoms with Gasteiger partial charge < -0.3 is 10.1 Å². The molecule has 1 fully saturated rings. The fourth-order valence-electron chi connectivity index (χ4n) is 3.30. The lowest BCUT2D eigenvalue weighted by Gasteiger charge is -2.12. The number of amides is 3. The predicted octanol–water partition coefficient (Wildman–Crippen LogP) is 5.25. The number of hydrogen-bond donors (Lipinski definition) is 1. The van der Waals surface area contributed by atoms with Crippen molar-refractivity contribution in [2.45, 2.75) is 13.5 Å². The molecular weight excluding hydrogens is 436 g/mol. The van der Waals surface area contributed by atoms with Gasteiger partial charge in [-0.15, -0.1) is 0 Å². The Balaban J connectivity index is 1.39. The monoisotopic (exact) mass is 458 g/mol. The molecule has 1 aliphatic heterocycles. The number of nitrogens with zero attached hydrogens (tertiary/aromatic N) is 1. The van der Waals surface area contributed by atoms with Crippen molar-refractivity contribution >= 4 is 40.6 Å². The third kappa shape index (κ3) is 5.70. The van der Waals surface area contributed by atoms with Crippen molar-refractivity contribution in [3.63, 3.8) is 0 Å². The summed E-state index contributed by atoms with van der Waals surface area (Å²) in [5, 5.41) is 2.53. The zero-order valence-electron chi connectivity index (χ0n) is 18.0. The number of benzene rings is 3. The van der Waals surface area contributed by atoms with Crippen molar-refractivity contribution in [3.05, 3.63) is 100 Å². The maximum atomic E-state index is 12.8. The first-order valence-corrected chi connectivity index (χ1v) is 11.2. The van der Waals surface area contributed by atoms with Crippen molar-refractivity contribution in [1.29, 1.82) is 0 Å². The molecule has 0 unspecified atom stereocenters. The lowest BCUT2D eigenvalue weighted by Crippen LogP contribution is -2.27. The normalized spacial score (nSPS) is 14.6. The molecule has 3 amide bonds. The van der Waals surface area contributed by atoms with E-state index in [1.807, 2.05) is 67.6 Å². The Kier molecular flexibility index (Phi) is 6.90. The summed E-state index contributed by atoms with van der Waals surface area (Å²) < 4.78 is 5.62. The van der Waals surface area contributed by atoms with Crippen LogP contribution < -0.4 is 10.1 Å². The van der Waals surface area contributed by atoms with Crippen molar-refractivity contribution < 1.29 is 19.1 Å². The Labute approximate surface area is 196 Å². The van der Waals surface area contributed by atoms with Crippen molar-refractivity contribution in [3.8, 4) is 5.75 Å². The average molecular weight is 459 g/mol. The van der Waals surface area contributed by atoms with Crippen LogP contribution in [0, 0.1) is 6.92 Å². The van der Waals surface area contributed by atoms with Crippen LogP contribution in [0.5, 0.6) is 5.75 Å². The highest BCUT2D eigenvalue weighted by Crippen LogP contribution is 2.33. The van der Waals surface area contributed by atoms with Crippen LogP contribution in [0.15, 0.2) is 83.8 Å². The second-order valence-electron chi connectivity index (χ2n) is 7.48. The highest BCUT2D eigenvalue weighted by Gasteiger charge is 2.34. The zero-order chi connectivity index (χ0) is 23.2. The van der Waals surface area contributed by atoms with Crippen LogP contribution in [0.3, 0.4) is 0 Å². The molecule has 1 aliphatic rings. The minimum absolute atomic E-state index is 0.147. The van der Waals surface area contributed by atoms with E-state index >= 15 is 0 Å². The quantitative estimate of drug-likeness (QED) is 0.490. The van der Waals surface area contributed by atoms with Gasteiger partial charge in [-0.25, -0.2) is 0 Å². The van der Waals surface area contributed by atoms with E-state index < -0.39 is 0 Å². The van der Waals surface area contributed by atoms with Crippen LogP contribution in [-0.2, 0) is 16.1 Å². The lowest BCUT2D eigenvalue weighted by molar-refractivity contribution is -0.123. The number of anilines is 1. The SMILES string of the molecule is Cc1ccccc1NC(=O)COc1cccc(/C=C2\SC(=O)N(Cc3ccccc3)C2=O)c1. The number of carbonyl (C=O) groups is 3. The number of hydrogen-bond acceptors (Lipinski definition) is 5. The van der Waals surface area contributed by atoms with Gasteiger partial charge >= 0.3 is 0 Å². The number of imide groups is 1. The van der Waals surface area contributed by atoms with Crippen LogP contribution in [0.25, 0.3) is 6.08 Å². The van der Waals surface area contributed by atoms with Gasteiger partial charge in [-0.3, -0.25) is 19.3 Å². The van der Waals surface area contributed by atoms with Crippen LogP contribution >= 0.6 is 11.8 Å². The van der Waals surface area contributed by atoms with Gasteiger partial charge in [0, 0.05) is 5.69 Å². The minimum Gasteiger partial charge on any atom is -0.484 e. The fraction of sp³-hybridized carbons (Fsp3) is 0.115. The first-order valence-electron chi connectivity index (χ1n) is 10.4. The van der Waals surface area contributed by atoms with Crippen molar-refractivity contribution in [1.82, 2.24) is 4.90 Å². The molecule has 166 valence electrons. The van der Waals surface area contributed by atoms with Gasteiger partial charge in [-0.1, -0.05) is 60.7 Å². The molecule has 0 atom stereocenters. The van der Waals surface area contributed by atoms with E-state index in [2.05, 4.69) is 5.32 Å². The van der Waals surface area contributed by atoms with Crippen LogP contribution in [0.1, 0.15) is 16.7 Å². The summed E-state index contributed by atoms with van der Waals surface area (Å²) in [7, 11) is 0.